The zero-order valence-electron chi connectivity index (χ0n) is 37.2. The average molecular weight is 868 g/mol. The fourth-order valence-electron chi connectivity index (χ4n) is 5.05. The fraction of sp³-hybridized carbons (Fsp3) is 0.520. The van der Waals surface area contributed by atoms with Gasteiger partial charge in [0.15, 0.2) is 0 Å². The molecule has 0 aromatic heterocycles. The highest BCUT2D eigenvalue weighted by Crippen LogP contribution is 2.43. The summed E-state index contributed by atoms with van der Waals surface area (Å²) in [6, 6.07) is -1.50. The number of rotatable bonds is 40. The molecule has 0 aliphatic rings. The van der Waals surface area contributed by atoms with E-state index < -0.39 is 45.1 Å². The third kappa shape index (κ3) is 44.0. The number of carboxylic acids is 1. The van der Waals surface area contributed by atoms with Gasteiger partial charge in [-0.2, -0.15) is 0 Å². The minimum Gasteiger partial charge on any atom is -0.480 e. The summed E-state index contributed by atoms with van der Waals surface area (Å²) in [5.41, 5.74) is 5.35. The van der Waals surface area contributed by atoms with E-state index in [1.54, 1.807) is 0 Å². The third-order valence-electron chi connectivity index (χ3n) is 8.43. The quantitative estimate of drug-likeness (QED) is 0.0235. The molecule has 10 nitrogen and oxygen atoms in total. The van der Waals surface area contributed by atoms with Crippen molar-refractivity contribution in [1.82, 2.24) is 0 Å². The molecule has 0 aliphatic carbocycles. The molecule has 4 N–H and O–H groups in total. The predicted octanol–water partition coefficient (Wildman–Crippen LogP) is 12.6. The Hall–Kier alpha value is -3.89. The second-order valence-corrected chi connectivity index (χ2v) is 15.5. The van der Waals surface area contributed by atoms with Crippen LogP contribution < -0.4 is 5.73 Å². The molecule has 0 spiro atoms. The Morgan fingerprint density at radius 1 is 0.525 bits per heavy atom. The number of phosphoric ester groups is 1. The fourth-order valence-corrected chi connectivity index (χ4v) is 5.83. The van der Waals surface area contributed by atoms with Crippen LogP contribution in [0, 0.1) is 0 Å². The van der Waals surface area contributed by atoms with Gasteiger partial charge in [-0.15, -0.1) is 0 Å². The number of phosphoric acid groups is 1. The summed E-state index contributed by atoms with van der Waals surface area (Å²) in [6.07, 6.45) is 62.3. The molecule has 0 heterocycles. The van der Waals surface area contributed by atoms with E-state index in [1.165, 1.54) is 0 Å². The minimum absolute atomic E-state index is 0.0394. The number of allylic oxidation sites excluding steroid dienone is 22. The van der Waals surface area contributed by atoms with Crippen LogP contribution >= 0.6 is 7.82 Å². The SMILES string of the molecule is CC/C=C\C/C=C\C/C=C\C/C=C\C/C=C\C/C=C\CCCCCOCC(COP(=O)(O)OCC(N)C(=O)O)OC(=O)CCC/C=C\C/C=C\C/C=C\C/C=C\C/C=C\CC. The lowest BCUT2D eigenvalue weighted by Gasteiger charge is -2.20. The molecular weight excluding hydrogens is 790 g/mol. The summed E-state index contributed by atoms with van der Waals surface area (Å²) >= 11 is 0. The molecule has 342 valence electrons. The molecule has 0 rings (SSSR count). The standard InChI is InChI=1S/C50H78NO9P/c1-3-5-7-9-11-13-15-17-19-21-22-23-24-25-27-29-31-33-35-37-39-41-43-57-44-47(45-58-61(55,56)59-46-48(51)50(53)54)60-49(52)42-40-38-36-34-32-30-28-26-20-18-16-14-12-10-8-6-4-2/h5-8,11-14,17-20,22-23,25,27-28,30-31,33-34,36,47-48H,3-4,9-10,15-16,21,24,26,29,32,35,37-46,51H2,1-2H3,(H,53,54)(H,55,56)/b7-5-,8-6-,13-11-,14-12-,19-17-,20-18-,23-22-,27-25-,30-28-,33-31-,36-34-. The number of nitrogens with two attached hydrogens (primary N) is 1. The molecule has 0 saturated carbocycles. The predicted molar refractivity (Wildman–Crippen MR) is 253 cm³/mol. The molecule has 0 aromatic carbocycles. The summed E-state index contributed by atoms with van der Waals surface area (Å²) in [7, 11) is -4.65. The van der Waals surface area contributed by atoms with Gasteiger partial charge in [-0.3, -0.25) is 18.6 Å². The van der Waals surface area contributed by atoms with Gasteiger partial charge in [0, 0.05) is 13.0 Å². The first-order valence-corrected chi connectivity index (χ1v) is 23.7. The number of carbonyl (C=O) groups is 2. The Morgan fingerprint density at radius 2 is 0.902 bits per heavy atom. The topological polar surface area (TPSA) is 155 Å². The van der Waals surface area contributed by atoms with Crippen LogP contribution in [0.5, 0.6) is 0 Å². The van der Waals surface area contributed by atoms with Crippen LogP contribution in [0.2, 0.25) is 0 Å². The monoisotopic (exact) mass is 868 g/mol. The molecule has 0 radical (unpaired) electrons. The molecule has 0 amide bonds. The summed E-state index contributed by atoms with van der Waals surface area (Å²) in [5.74, 6) is -1.87. The maximum absolute atomic E-state index is 12.6. The molecule has 3 atom stereocenters. The van der Waals surface area contributed by atoms with E-state index in [9.17, 15) is 19.0 Å². The Balaban J connectivity index is 4.43. The normalized spacial score (nSPS) is 15.1. The highest BCUT2D eigenvalue weighted by Gasteiger charge is 2.27. The van der Waals surface area contributed by atoms with Gasteiger partial charge in [-0.25, -0.2) is 4.57 Å². The molecule has 3 unspecified atom stereocenters. The van der Waals surface area contributed by atoms with Crippen LogP contribution in [0.1, 0.15) is 129 Å². The van der Waals surface area contributed by atoms with E-state index in [0.717, 1.165) is 96.3 Å². The first kappa shape index (κ1) is 57.1. The first-order valence-electron chi connectivity index (χ1n) is 22.2. The van der Waals surface area contributed by atoms with E-state index in [-0.39, 0.29) is 13.0 Å². The lowest BCUT2D eigenvalue weighted by molar-refractivity contribution is -0.154. The Labute approximate surface area is 368 Å². The molecular formula is C50H78NO9P. The lowest BCUT2D eigenvalue weighted by Crippen LogP contribution is -2.34. The van der Waals surface area contributed by atoms with Crippen LogP contribution in [0.15, 0.2) is 134 Å². The van der Waals surface area contributed by atoms with Crippen molar-refractivity contribution in [2.75, 3.05) is 26.4 Å². The second-order valence-electron chi connectivity index (χ2n) is 14.1. The first-order chi connectivity index (χ1) is 29.7. The molecule has 11 heteroatoms. The number of carboxylic acid groups (broad SMARTS) is 1. The van der Waals surface area contributed by atoms with Crippen LogP contribution in [0.3, 0.4) is 0 Å². The highest BCUT2D eigenvalue weighted by atomic mass is 31.2. The summed E-state index contributed by atoms with van der Waals surface area (Å²) in [4.78, 5) is 33.5. The maximum Gasteiger partial charge on any atom is 0.472 e. The molecule has 0 bridgehead atoms. The number of unbranched alkanes of at least 4 members (excludes halogenated alkanes) is 4. The van der Waals surface area contributed by atoms with Crippen LogP contribution in [-0.4, -0.2) is 60.5 Å². The van der Waals surface area contributed by atoms with Crippen molar-refractivity contribution in [1.29, 1.82) is 0 Å². The van der Waals surface area contributed by atoms with Crippen molar-refractivity contribution in [2.45, 2.75) is 142 Å². The van der Waals surface area contributed by atoms with Crippen molar-refractivity contribution in [2.24, 2.45) is 5.73 Å². The summed E-state index contributed by atoms with van der Waals surface area (Å²) in [5, 5.41) is 8.90. The number of carbonyl (C=O) groups excluding carboxylic acids is 1. The van der Waals surface area contributed by atoms with Gasteiger partial charge in [0.25, 0.3) is 0 Å². The Morgan fingerprint density at radius 3 is 1.31 bits per heavy atom. The maximum atomic E-state index is 12.6. The van der Waals surface area contributed by atoms with Gasteiger partial charge in [0.05, 0.1) is 19.8 Å². The van der Waals surface area contributed by atoms with Gasteiger partial charge in [-0.05, 0) is 103 Å². The molecule has 0 fully saturated rings. The number of aliphatic carboxylic acids is 1. The molecule has 0 aromatic rings. The number of ether oxygens (including phenoxy) is 2. The largest absolute Gasteiger partial charge is 0.480 e. The smallest absolute Gasteiger partial charge is 0.472 e. The second kappa shape index (κ2) is 44.2. The number of esters is 1. The molecule has 61 heavy (non-hydrogen) atoms. The molecule has 0 aliphatic heterocycles. The minimum atomic E-state index is -4.65. The van der Waals surface area contributed by atoms with Crippen LogP contribution in [-0.2, 0) is 32.7 Å². The van der Waals surface area contributed by atoms with Gasteiger partial charge < -0.3 is 25.2 Å². The van der Waals surface area contributed by atoms with Crippen molar-refractivity contribution in [3.8, 4) is 0 Å². The average Bonchev–Trinajstić information content (AvgIpc) is 3.24. The van der Waals surface area contributed by atoms with E-state index in [0.29, 0.717) is 19.4 Å². The van der Waals surface area contributed by atoms with Gasteiger partial charge in [0.2, 0.25) is 0 Å². The number of hydrogen-bond donors (Lipinski definition) is 3. The third-order valence-corrected chi connectivity index (χ3v) is 9.38. The van der Waals surface area contributed by atoms with E-state index in [2.05, 4.69) is 141 Å². The van der Waals surface area contributed by atoms with Gasteiger partial charge in [0.1, 0.15) is 12.1 Å². The van der Waals surface area contributed by atoms with Crippen molar-refractivity contribution >= 4 is 19.8 Å². The van der Waals surface area contributed by atoms with E-state index >= 15 is 0 Å². The zero-order chi connectivity index (χ0) is 44.8. The Kier molecular flexibility index (Phi) is 41.4. The van der Waals surface area contributed by atoms with Crippen molar-refractivity contribution in [3.05, 3.63) is 134 Å². The molecule has 0 saturated heterocycles. The van der Waals surface area contributed by atoms with Crippen molar-refractivity contribution < 1.29 is 42.7 Å². The van der Waals surface area contributed by atoms with Crippen LogP contribution in [0.25, 0.3) is 0 Å². The van der Waals surface area contributed by atoms with Crippen LogP contribution in [0.4, 0.5) is 0 Å². The zero-order valence-corrected chi connectivity index (χ0v) is 38.1. The van der Waals surface area contributed by atoms with E-state index in [4.69, 9.17) is 29.4 Å². The summed E-state index contributed by atoms with van der Waals surface area (Å²) < 4.78 is 33.3. The van der Waals surface area contributed by atoms with Gasteiger partial charge >= 0.3 is 19.8 Å². The number of hydrogen-bond acceptors (Lipinski definition) is 8. The lowest BCUT2D eigenvalue weighted by atomic mass is 10.2. The van der Waals surface area contributed by atoms with Crippen molar-refractivity contribution in [3.63, 3.8) is 0 Å². The summed E-state index contributed by atoms with van der Waals surface area (Å²) in [6.45, 7) is 3.46. The highest BCUT2D eigenvalue weighted by molar-refractivity contribution is 7.47. The Bertz CT molecular complexity index is 1470. The van der Waals surface area contributed by atoms with Gasteiger partial charge in [-0.1, -0.05) is 154 Å². The van der Waals surface area contributed by atoms with E-state index in [1.807, 2.05) is 6.08 Å².